The fraction of sp³-hybridized carbons (Fsp3) is 0.429. The van der Waals surface area contributed by atoms with Crippen molar-refractivity contribution in [2.24, 2.45) is 4.99 Å². The number of rotatable bonds is 6. The second-order valence-corrected chi connectivity index (χ2v) is 8.34. The van der Waals surface area contributed by atoms with E-state index in [2.05, 4.69) is 44.8 Å². The second-order valence-electron chi connectivity index (χ2n) is 7.26. The normalized spacial score (nSPS) is 15.8. The Balaban J connectivity index is 0.00000272. The summed E-state index contributed by atoms with van der Waals surface area (Å²) in [6.07, 6.45) is 1.88. The predicted molar refractivity (Wildman–Crippen MR) is 134 cm³/mol. The van der Waals surface area contributed by atoms with E-state index in [4.69, 9.17) is 9.72 Å². The molecule has 0 saturated carbocycles. The molecule has 166 valence electrons. The number of hydrogen-bond donors (Lipinski definition) is 2. The Kier molecular flexibility index (Phi) is 8.38. The van der Waals surface area contributed by atoms with Gasteiger partial charge in [-0.25, -0.2) is 14.6 Å². The lowest BCUT2D eigenvalue weighted by atomic mass is 10.1. The molecule has 2 aromatic heterocycles. The highest BCUT2D eigenvalue weighted by Gasteiger charge is 2.22. The molecule has 8 nitrogen and oxygen atoms in total. The van der Waals surface area contributed by atoms with Gasteiger partial charge in [0.1, 0.15) is 17.4 Å². The zero-order chi connectivity index (χ0) is 20.9. The van der Waals surface area contributed by atoms with E-state index in [1.54, 1.807) is 25.5 Å². The van der Waals surface area contributed by atoms with Crippen molar-refractivity contribution in [3.05, 3.63) is 52.6 Å². The topological polar surface area (TPSA) is 89.2 Å². The molecule has 1 aliphatic heterocycles. The standard InChI is InChI=1S/C21H27N7OS.HI/c1-14-17(30-20(24-14)15-7-5-4-6-8-15)11-23-21(22-2)25-16-9-10-19-26-18(13-29-3)27-28(19)12-16;/h4-8,16H,9-13H2,1-3H3,(H2,22,23,25);1H. The van der Waals surface area contributed by atoms with Gasteiger partial charge in [-0.3, -0.25) is 4.99 Å². The van der Waals surface area contributed by atoms with Gasteiger partial charge in [0, 0.05) is 37.1 Å². The minimum atomic E-state index is 0. The quantitative estimate of drug-likeness (QED) is 0.277. The van der Waals surface area contributed by atoms with E-state index in [1.165, 1.54) is 4.88 Å². The first kappa shape index (κ1) is 23.6. The molecule has 1 atom stereocenters. The van der Waals surface area contributed by atoms with Crippen LogP contribution in [0.2, 0.25) is 0 Å². The Morgan fingerprint density at radius 2 is 2.10 bits per heavy atom. The molecule has 0 fully saturated rings. The highest BCUT2D eigenvalue weighted by Crippen LogP contribution is 2.27. The minimum Gasteiger partial charge on any atom is -0.377 e. The van der Waals surface area contributed by atoms with Gasteiger partial charge >= 0.3 is 0 Å². The number of hydrogen-bond acceptors (Lipinski definition) is 6. The van der Waals surface area contributed by atoms with Crippen LogP contribution in [0.1, 0.15) is 28.6 Å². The monoisotopic (exact) mass is 553 g/mol. The summed E-state index contributed by atoms with van der Waals surface area (Å²) < 4.78 is 7.12. The van der Waals surface area contributed by atoms with E-state index in [0.29, 0.717) is 13.2 Å². The van der Waals surface area contributed by atoms with E-state index in [-0.39, 0.29) is 30.0 Å². The van der Waals surface area contributed by atoms with Crippen LogP contribution in [-0.2, 0) is 30.9 Å². The van der Waals surface area contributed by atoms with Crippen LogP contribution < -0.4 is 10.6 Å². The summed E-state index contributed by atoms with van der Waals surface area (Å²) in [7, 11) is 3.46. The summed E-state index contributed by atoms with van der Waals surface area (Å²) in [6, 6.07) is 10.5. The van der Waals surface area contributed by atoms with Crippen LogP contribution >= 0.6 is 35.3 Å². The summed E-state index contributed by atoms with van der Waals surface area (Å²) in [5, 5.41) is 12.5. The molecule has 1 aliphatic rings. The van der Waals surface area contributed by atoms with E-state index in [9.17, 15) is 0 Å². The molecule has 0 saturated heterocycles. The van der Waals surface area contributed by atoms with Crippen LogP contribution in [0, 0.1) is 6.92 Å². The third-order valence-electron chi connectivity index (χ3n) is 5.07. The van der Waals surface area contributed by atoms with Crippen molar-refractivity contribution in [1.29, 1.82) is 0 Å². The summed E-state index contributed by atoms with van der Waals surface area (Å²) in [5.41, 5.74) is 2.20. The molecule has 0 amide bonds. The zero-order valence-electron chi connectivity index (χ0n) is 18.0. The van der Waals surface area contributed by atoms with E-state index < -0.39 is 0 Å². The number of nitrogens with one attached hydrogen (secondary N) is 2. The molecule has 3 aromatic rings. The van der Waals surface area contributed by atoms with Crippen molar-refractivity contribution in [1.82, 2.24) is 30.4 Å². The molecule has 1 unspecified atom stereocenters. The zero-order valence-corrected chi connectivity index (χ0v) is 21.1. The molecule has 3 heterocycles. The second kappa shape index (κ2) is 11.0. The van der Waals surface area contributed by atoms with Crippen LogP contribution in [0.4, 0.5) is 0 Å². The maximum Gasteiger partial charge on any atom is 0.191 e. The molecule has 0 aliphatic carbocycles. The first-order valence-electron chi connectivity index (χ1n) is 10.1. The SMILES string of the molecule is CN=C(NCc1sc(-c2ccccc2)nc1C)NC1CCc2nc(COC)nn2C1.I. The number of ether oxygens (including phenoxy) is 1. The molecule has 31 heavy (non-hydrogen) atoms. The van der Waals surface area contributed by atoms with E-state index in [1.807, 2.05) is 22.9 Å². The predicted octanol–water partition coefficient (Wildman–Crippen LogP) is 3.15. The number of benzene rings is 1. The van der Waals surface area contributed by atoms with Crippen molar-refractivity contribution in [3.8, 4) is 10.6 Å². The van der Waals surface area contributed by atoms with Crippen molar-refractivity contribution in [2.45, 2.75) is 45.5 Å². The molecular formula is C21H28IN7OS. The number of guanidine groups is 1. The van der Waals surface area contributed by atoms with Gasteiger partial charge in [0.2, 0.25) is 0 Å². The maximum atomic E-state index is 5.14. The lowest BCUT2D eigenvalue weighted by Crippen LogP contribution is -2.46. The Morgan fingerprint density at radius 1 is 1.29 bits per heavy atom. The molecule has 10 heteroatoms. The summed E-state index contributed by atoms with van der Waals surface area (Å²) >= 11 is 1.72. The van der Waals surface area contributed by atoms with E-state index >= 15 is 0 Å². The van der Waals surface area contributed by atoms with Crippen LogP contribution in [0.5, 0.6) is 0 Å². The highest BCUT2D eigenvalue weighted by atomic mass is 127. The number of nitrogens with zero attached hydrogens (tertiary/aromatic N) is 5. The molecule has 0 radical (unpaired) electrons. The van der Waals surface area contributed by atoms with Crippen LogP contribution in [0.15, 0.2) is 35.3 Å². The number of methoxy groups -OCH3 is 1. The Hall–Kier alpha value is -2.05. The van der Waals surface area contributed by atoms with Gasteiger partial charge in [-0.1, -0.05) is 30.3 Å². The van der Waals surface area contributed by atoms with Gasteiger partial charge in [0.05, 0.1) is 18.8 Å². The maximum absolute atomic E-state index is 5.14. The average molecular weight is 553 g/mol. The Morgan fingerprint density at radius 3 is 2.84 bits per heavy atom. The average Bonchev–Trinajstić information content (AvgIpc) is 3.34. The largest absolute Gasteiger partial charge is 0.377 e. The number of fused-ring (bicyclic) bond motifs is 1. The first-order chi connectivity index (χ1) is 14.7. The fourth-order valence-electron chi connectivity index (χ4n) is 3.52. The lowest BCUT2D eigenvalue weighted by molar-refractivity contribution is 0.177. The van der Waals surface area contributed by atoms with Gasteiger partial charge in [-0.05, 0) is 13.3 Å². The van der Waals surface area contributed by atoms with Crippen LogP contribution in [-0.4, -0.2) is 45.9 Å². The number of aryl methyl sites for hydroxylation is 2. The highest BCUT2D eigenvalue weighted by molar-refractivity contribution is 14.0. The fourth-order valence-corrected chi connectivity index (χ4v) is 4.52. The van der Waals surface area contributed by atoms with Crippen molar-refractivity contribution in [3.63, 3.8) is 0 Å². The molecular weight excluding hydrogens is 525 g/mol. The third kappa shape index (κ3) is 5.80. The molecule has 4 rings (SSSR count). The van der Waals surface area contributed by atoms with Gasteiger partial charge in [0.25, 0.3) is 0 Å². The third-order valence-corrected chi connectivity index (χ3v) is 6.28. The lowest BCUT2D eigenvalue weighted by Gasteiger charge is -2.25. The number of aromatic nitrogens is 4. The summed E-state index contributed by atoms with van der Waals surface area (Å²) in [5.74, 6) is 2.55. The first-order valence-corrected chi connectivity index (χ1v) is 10.9. The van der Waals surface area contributed by atoms with Crippen LogP contribution in [0.25, 0.3) is 10.6 Å². The molecule has 2 N–H and O–H groups in total. The smallest absolute Gasteiger partial charge is 0.191 e. The van der Waals surface area contributed by atoms with Gasteiger partial charge < -0.3 is 15.4 Å². The van der Waals surface area contributed by atoms with Crippen molar-refractivity contribution in [2.75, 3.05) is 14.2 Å². The molecule has 0 bridgehead atoms. The summed E-state index contributed by atoms with van der Waals surface area (Å²) in [6.45, 7) is 3.96. The Bertz CT molecular complexity index is 1020. The van der Waals surface area contributed by atoms with Gasteiger partial charge in [0.15, 0.2) is 11.8 Å². The summed E-state index contributed by atoms with van der Waals surface area (Å²) in [4.78, 5) is 14.9. The number of halogens is 1. The molecule has 1 aromatic carbocycles. The van der Waals surface area contributed by atoms with Gasteiger partial charge in [-0.15, -0.1) is 35.3 Å². The number of aliphatic imine (C=N–C) groups is 1. The van der Waals surface area contributed by atoms with Crippen molar-refractivity contribution >= 4 is 41.3 Å². The van der Waals surface area contributed by atoms with Crippen LogP contribution in [0.3, 0.4) is 0 Å². The number of thiazole rings is 1. The van der Waals surface area contributed by atoms with E-state index in [0.717, 1.165) is 53.3 Å². The van der Waals surface area contributed by atoms with Gasteiger partial charge in [-0.2, -0.15) is 5.10 Å². The Labute approximate surface area is 203 Å². The molecule has 0 spiro atoms. The van der Waals surface area contributed by atoms with Crippen molar-refractivity contribution < 1.29 is 4.74 Å². The minimum absolute atomic E-state index is 0.